The van der Waals surface area contributed by atoms with Crippen LogP contribution in [0.25, 0.3) is 11.1 Å². The molecule has 4 heteroatoms. The minimum Gasteiger partial charge on any atom is -0.490 e. The number of ether oxygens (including phenoxy) is 1. The molecular weight excluding hydrogens is 367 g/mol. The fraction of sp³-hybridized carbons (Fsp3) is 0.480. The van der Waals surface area contributed by atoms with Gasteiger partial charge in [0.15, 0.2) is 0 Å². The standard InChI is InChI=1S/C25H29FO3/c1-25(2,24(27)28)17-13-14-22(29-18-9-3-4-10-18)20(15-17)19-11-6-12-21(26)23(19)16-7-5-8-16/h6,11-16,18H,3-5,7-10H2,1-2H3,(H,27,28). The number of hydrogen-bond donors (Lipinski definition) is 1. The van der Waals surface area contributed by atoms with E-state index in [0.717, 1.165) is 67.4 Å². The SMILES string of the molecule is CC(C)(C(=O)O)c1ccc(OC2CCCC2)c(-c2cccc(F)c2C2CCC2)c1. The second kappa shape index (κ2) is 7.81. The monoisotopic (exact) mass is 396 g/mol. The molecule has 154 valence electrons. The highest BCUT2D eigenvalue weighted by molar-refractivity contribution is 5.82. The summed E-state index contributed by atoms with van der Waals surface area (Å²) in [6.45, 7) is 3.40. The topological polar surface area (TPSA) is 46.5 Å². The number of hydrogen-bond acceptors (Lipinski definition) is 2. The summed E-state index contributed by atoms with van der Waals surface area (Å²) in [5.74, 6) is -0.108. The Kier molecular flexibility index (Phi) is 5.37. The molecule has 2 aliphatic carbocycles. The van der Waals surface area contributed by atoms with Crippen molar-refractivity contribution < 1.29 is 19.0 Å². The van der Waals surface area contributed by atoms with Crippen molar-refractivity contribution in [2.75, 3.05) is 0 Å². The van der Waals surface area contributed by atoms with Gasteiger partial charge in [0.2, 0.25) is 0 Å². The van der Waals surface area contributed by atoms with E-state index in [4.69, 9.17) is 4.74 Å². The van der Waals surface area contributed by atoms with Crippen LogP contribution in [0, 0.1) is 5.82 Å². The third-order valence-corrected chi connectivity index (χ3v) is 6.69. The first-order chi connectivity index (χ1) is 13.9. The van der Waals surface area contributed by atoms with Gasteiger partial charge < -0.3 is 9.84 Å². The van der Waals surface area contributed by atoms with Gasteiger partial charge in [-0.25, -0.2) is 4.39 Å². The summed E-state index contributed by atoms with van der Waals surface area (Å²) in [7, 11) is 0. The Hall–Kier alpha value is -2.36. The van der Waals surface area contributed by atoms with E-state index in [1.54, 1.807) is 19.9 Å². The van der Waals surface area contributed by atoms with Crippen LogP contribution in [0.2, 0.25) is 0 Å². The lowest BCUT2D eigenvalue weighted by Crippen LogP contribution is -2.28. The first kappa shape index (κ1) is 19.9. The Morgan fingerprint density at radius 2 is 1.76 bits per heavy atom. The number of benzene rings is 2. The second-order valence-corrected chi connectivity index (χ2v) is 8.99. The van der Waals surface area contributed by atoms with Crippen molar-refractivity contribution in [1.29, 1.82) is 0 Å². The van der Waals surface area contributed by atoms with E-state index < -0.39 is 11.4 Å². The second-order valence-electron chi connectivity index (χ2n) is 8.99. The Balaban J connectivity index is 1.85. The van der Waals surface area contributed by atoms with E-state index in [-0.39, 0.29) is 17.8 Å². The molecule has 2 aromatic carbocycles. The van der Waals surface area contributed by atoms with E-state index in [0.29, 0.717) is 5.56 Å². The molecule has 4 rings (SSSR count). The van der Waals surface area contributed by atoms with Crippen molar-refractivity contribution in [3.8, 4) is 16.9 Å². The Morgan fingerprint density at radius 1 is 1.03 bits per heavy atom. The minimum absolute atomic E-state index is 0.174. The van der Waals surface area contributed by atoms with Gasteiger partial charge in [-0.1, -0.05) is 24.6 Å². The van der Waals surface area contributed by atoms with Gasteiger partial charge in [0, 0.05) is 5.56 Å². The van der Waals surface area contributed by atoms with E-state index in [1.807, 2.05) is 24.3 Å². The quantitative estimate of drug-likeness (QED) is 0.611. The van der Waals surface area contributed by atoms with E-state index in [9.17, 15) is 14.3 Å². The fourth-order valence-electron chi connectivity index (χ4n) is 4.42. The highest BCUT2D eigenvalue weighted by Gasteiger charge is 2.32. The smallest absolute Gasteiger partial charge is 0.313 e. The van der Waals surface area contributed by atoms with Gasteiger partial charge in [0.1, 0.15) is 11.6 Å². The molecule has 1 N–H and O–H groups in total. The van der Waals surface area contributed by atoms with Gasteiger partial charge in [-0.15, -0.1) is 0 Å². The van der Waals surface area contributed by atoms with E-state index in [2.05, 4.69) is 0 Å². The van der Waals surface area contributed by atoms with Gasteiger partial charge >= 0.3 is 5.97 Å². The predicted octanol–water partition coefficient (Wildman–Crippen LogP) is 6.44. The maximum absolute atomic E-state index is 14.9. The molecule has 2 saturated carbocycles. The van der Waals surface area contributed by atoms with Crippen molar-refractivity contribution in [1.82, 2.24) is 0 Å². The van der Waals surface area contributed by atoms with Gasteiger partial charge in [0.05, 0.1) is 11.5 Å². The zero-order valence-electron chi connectivity index (χ0n) is 17.2. The Bertz CT molecular complexity index is 908. The van der Waals surface area contributed by atoms with Crippen LogP contribution in [-0.2, 0) is 10.2 Å². The molecule has 0 atom stereocenters. The van der Waals surface area contributed by atoms with Crippen molar-refractivity contribution in [3.63, 3.8) is 0 Å². The van der Waals surface area contributed by atoms with Crippen LogP contribution in [0.4, 0.5) is 4.39 Å². The molecule has 2 aliphatic rings. The van der Waals surface area contributed by atoms with Crippen LogP contribution in [0.3, 0.4) is 0 Å². The van der Waals surface area contributed by atoms with Crippen LogP contribution in [-0.4, -0.2) is 17.2 Å². The molecule has 0 heterocycles. The van der Waals surface area contributed by atoms with Crippen LogP contribution >= 0.6 is 0 Å². The molecule has 0 aliphatic heterocycles. The molecule has 0 bridgehead atoms. The molecule has 0 unspecified atom stereocenters. The molecule has 0 spiro atoms. The number of carboxylic acids is 1. The van der Waals surface area contributed by atoms with Crippen LogP contribution in [0.5, 0.6) is 5.75 Å². The summed E-state index contributed by atoms with van der Waals surface area (Å²) in [4.78, 5) is 11.8. The van der Waals surface area contributed by atoms with Crippen LogP contribution in [0.1, 0.15) is 75.8 Å². The lowest BCUT2D eigenvalue weighted by molar-refractivity contribution is -0.142. The van der Waals surface area contributed by atoms with E-state index in [1.165, 1.54) is 6.07 Å². The fourth-order valence-corrected chi connectivity index (χ4v) is 4.42. The van der Waals surface area contributed by atoms with Crippen molar-refractivity contribution >= 4 is 5.97 Å². The predicted molar refractivity (Wildman–Crippen MR) is 112 cm³/mol. The summed E-state index contributed by atoms with van der Waals surface area (Å²) in [5.41, 5.74) is 2.06. The van der Waals surface area contributed by atoms with Gasteiger partial charge in [-0.2, -0.15) is 0 Å². The number of carboxylic acid groups (broad SMARTS) is 1. The zero-order valence-corrected chi connectivity index (χ0v) is 17.2. The van der Waals surface area contributed by atoms with Gasteiger partial charge in [0.25, 0.3) is 0 Å². The molecule has 3 nitrogen and oxygen atoms in total. The summed E-state index contributed by atoms with van der Waals surface area (Å²) in [6, 6.07) is 10.8. The Labute approximate surface area is 171 Å². The number of aliphatic carboxylic acids is 1. The summed E-state index contributed by atoms with van der Waals surface area (Å²) in [5, 5.41) is 9.70. The van der Waals surface area contributed by atoms with Crippen molar-refractivity contribution in [2.24, 2.45) is 0 Å². The highest BCUT2D eigenvalue weighted by atomic mass is 19.1. The lowest BCUT2D eigenvalue weighted by Gasteiger charge is -2.30. The molecule has 2 aromatic rings. The average Bonchev–Trinajstić information content (AvgIpc) is 3.15. The molecule has 0 radical (unpaired) electrons. The number of rotatable bonds is 6. The average molecular weight is 397 g/mol. The number of halogens is 1. The molecule has 0 aromatic heterocycles. The summed E-state index contributed by atoms with van der Waals surface area (Å²) in [6.07, 6.45) is 7.67. The third kappa shape index (κ3) is 3.77. The maximum Gasteiger partial charge on any atom is 0.313 e. The first-order valence-electron chi connectivity index (χ1n) is 10.7. The molecular formula is C25H29FO3. The number of carbonyl (C=O) groups is 1. The van der Waals surface area contributed by atoms with Crippen LogP contribution < -0.4 is 4.74 Å². The highest BCUT2D eigenvalue weighted by Crippen LogP contribution is 2.45. The van der Waals surface area contributed by atoms with Crippen molar-refractivity contribution in [3.05, 3.63) is 53.3 Å². The van der Waals surface area contributed by atoms with E-state index >= 15 is 0 Å². The van der Waals surface area contributed by atoms with Gasteiger partial charge in [-0.3, -0.25) is 4.79 Å². The molecule has 29 heavy (non-hydrogen) atoms. The maximum atomic E-state index is 14.9. The zero-order chi connectivity index (χ0) is 20.6. The summed E-state index contributed by atoms with van der Waals surface area (Å²) < 4.78 is 21.2. The first-order valence-corrected chi connectivity index (χ1v) is 10.7. The van der Waals surface area contributed by atoms with Gasteiger partial charge in [-0.05, 0) is 93.2 Å². The van der Waals surface area contributed by atoms with Crippen LogP contribution in [0.15, 0.2) is 36.4 Å². The molecule has 0 amide bonds. The largest absolute Gasteiger partial charge is 0.490 e. The normalized spacial score (nSPS) is 17.9. The lowest BCUT2D eigenvalue weighted by atomic mass is 9.76. The third-order valence-electron chi connectivity index (χ3n) is 6.69. The molecule has 2 fully saturated rings. The molecule has 0 saturated heterocycles. The van der Waals surface area contributed by atoms with Crippen molar-refractivity contribution in [2.45, 2.75) is 76.2 Å². The summed E-state index contributed by atoms with van der Waals surface area (Å²) >= 11 is 0. The Morgan fingerprint density at radius 3 is 2.38 bits per heavy atom. The minimum atomic E-state index is -1.04.